The van der Waals surface area contributed by atoms with Crippen LogP contribution in [0.25, 0.3) is 0 Å². The quantitative estimate of drug-likeness (QED) is 0.363. The van der Waals surface area contributed by atoms with E-state index >= 15 is 0 Å². The lowest BCUT2D eigenvalue weighted by atomic mass is 10.2. The molecule has 0 aliphatic carbocycles. The second-order valence-corrected chi connectivity index (χ2v) is 8.43. The molecule has 0 unspecified atom stereocenters. The van der Waals surface area contributed by atoms with Gasteiger partial charge < -0.3 is 0 Å². The van der Waals surface area contributed by atoms with Gasteiger partial charge in [0.25, 0.3) is 0 Å². The molecule has 0 spiro atoms. The monoisotopic (exact) mass is 316 g/mol. The van der Waals surface area contributed by atoms with Crippen molar-refractivity contribution < 1.29 is 0 Å². The van der Waals surface area contributed by atoms with E-state index in [1.807, 2.05) is 34.1 Å². The number of thioether (sulfide) groups is 1. The van der Waals surface area contributed by atoms with Crippen molar-refractivity contribution in [3.8, 4) is 0 Å². The zero-order chi connectivity index (χ0) is 14.1. The average Bonchev–Trinajstić information content (AvgIpc) is 2.19. The minimum Gasteiger partial charge on any atom is -0.179 e. The summed E-state index contributed by atoms with van der Waals surface area (Å²) in [7, 11) is 3.81. The van der Waals surface area contributed by atoms with Gasteiger partial charge >= 0.3 is 0 Å². The van der Waals surface area contributed by atoms with Crippen LogP contribution in [-0.4, -0.2) is 30.3 Å². The molecule has 0 aliphatic heterocycles. The lowest BCUT2D eigenvalue weighted by Gasteiger charge is -2.00. The van der Waals surface area contributed by atoms with Gasteiger partial charge in [0.05, 0.1) is 0 Å². The first-order chi connectivity index (χ1) is 7.95. The van der Waals surface area contributed by atoms with E-state index in [-0.39, 0.29) is 0 Å². The Bertz CT molecular complexity index is 106. The molecule has 0 aromatic rings. The summed E-state index contributed by atoms with van der Waals surface area (Å²) in [5.74, 6) is 4.02. The Balaban J connectivity index is -0.000000193. The summed E-state index contributed by atoms with van der Waals surface area (Å²) in [6.45, 7) is 8.94. The van der Waals surface area contributed by atoms with E-state index in [2.05, 4.69) is 46.6 Å². The van der Waals surface area contributed by atoms with Crippen LogP contribution in [0.15, 0.2) is 0 Å². The van der Waals surface area contributed by atoms with Crippen LogP contribution in [0.4, 0.5) is 0 Å². The van der Waals surface area contributed by atoms with Crippen molar-refractivity contribution in [2.75, 3.05) is 30.3 Å². The first kappa shape index (κ1) is 23.5. The first-order valence-corrected chi connectivity index (χ1v) is 11.1. The molecular weight excluding hydrogens is 284 g/mol. The van der Waals surface area contributed by atoms with Crippen LogP contribution < -0.4 is 0 Å². The Morgan fingerprint density at radius 3 is 1.47 bits per heavy atom. The Morgan fingerprint density at radius 2 is 1.29 bits per heavy atom. The van der Waals surface area contributed by atoms with E-state index in [0.29, 0.717) is 0 Å². The van der Waals surface area contributed by atoms with Gasteiger partial charge in [0, 0.05) is 5.75 Å². The molecule has 0 amide bonds. The predicted octanol–water partition coefficient (Wildman–Crippen LogP) is 5.99. The number of hydrogen-bond acceptors (Lipinski definition) is 4. The fourth-order valence-corrected chi connectivity index (χ4v) is 2.66. The van der Waals surface area contributed by atoms with Crippen LogP contribution in [0, 0.1) is 11.8 Å². The van der Waals surface area contributed by atoms with Gasteiger partial charge in [-0.1, -0.05) is 49.3 Å². The van der Waals surface area contributed by atoms with E-state index < -0.39 is 0 Å². The maximum atomic E-state index is 4.06. The third-order valence-electron chi connectivity index (χ3n) is 1.60. The molecular formula is C13H32S4. The average molecular weight is 317 g/mol. The second-order valence-electron chi connectivity index (χ2n) is 4.49. The van der Waals surface area contributed by atoms with Crippen LogP contribution in [0.3, 0.4) is 0 Å². The zero-order valence-corrected chi connectivity index (χ0v) is 16.0. The molecule has 0 aliphatic rings. The van der Waals surface area contributed by atoms with Gasteiger partial charge in [-0.3, -0.25) is 0 Å². The predicted molar refractivity (Wildman–Crippen MR) is 98.2 cm³/mol. The number of hydrogen-bond donors (Lipinski definition) is 1. The van der Waals surface area contributed by atoms with Crippen LogP contribution in [0.2, 0.25) is 0 Å². The van der Waals surface area contributed by atoms with Crippen LogP contribution in [0.5, 0.6) is 0 Å². The van der Waals surface area contributed by atoms with Crippen LogP contribution in [-0.2, 0) is 0 Å². The number of thiol groups is 1. The zero-order valence-electron chi connectivity index (χ0n) is 12.7. The van der Waals surface area contributed by atoms with Gasteiger partial charge in [-0.25, -0.2) is 0 Å². The van der Waals surface area contributed by atoms with Crippen molar-refractivity contribution in [1.82, 2.24) is 0 Å². The van der Waals surface area contributed by atoms with Gasteiger partial charge in [-0.05, 0) is 49.2 Å². The van der Waals surface area contributed by atoms with E-state index in [1.54, 1.807) is 11.8 Å². The molecule has 0 bridgehead atoms. The molecule has 17 heavy (non-hydrogen) atoms. The Hall–Kier alpha value is 1.40. The minimum atomic E-state index is 0.822. The molecule has 0 fully saturated rings. The summed E-state index contributed by atoms with van der Waals surface area (Å²) in [5.41, 5.74) is 0. The molecule has 0 radical (unpaired) electrons. The van der Waals surface area contributed by atoms with E-state index in [4.69, 9.17) is 0 Å². The molecule has 0 saturated heterocycles. The molecule has 0 aromatic carbocycles. The Kier molecular flexibility index (Phi) is 31.2. The first-order valence-electron chi connectivity index (χ1n) is 6.12. The molecule has 0 heterocycles. The minimum absolute atomic E-state index is 0.822. The summed E-state index contributed by atoms with van der Waals surface area (Å²) in [5, 5.41) is 0. The Labute approximate surface area is 128 Å². The van der Waals surface area contributed by atoms with Crippen molar-refractivity contribution in [3.05, 3.63) is 0 Å². The van der Waals surface area contributed by atoms with E-state index in [1.165, 1.54) is 18.6 Å². The molecule has 4 heteroatoms. The topological polar surface area (TPSA) is 0 Å². The summed E-state index contributed by atoms with van der Waals surface area (Å²) in [6.07, 6.45) is 8.81. The van der Waals surface area contributed by atoms with E-state index in [9.17, 15) is 0 Å². The van der Waals surface area contributed by atoms with Crippen molar-refractivity contribution in [3.63, 3.8) is 0 Å². The van der Waals surface area contributed by atoms with Crippen molar-refractivity contribution in [2.24, 2.45) is 11.8 Å². The van der Waals surface area contributed by atoms with Gasteiger partial charge in [-0.15, -0.1) is 0 Å². The summed E-state index contributed by atoms with van der Waals surface area (Å²) >= 11 is 5.81. The van der Waals surface area contributed by atoms with Crippen LogP contribution >= 0.6 is 46.0 Å². The van der Waals surface area contributed by atoms with Crippen molar-refractivity contribution in [2.45, 2.75) is 40.5 Å². The third kappa shape index (κ3) is 46.7. The highest BCUT2D eigenvalue weighted by atomic mass is 33.1. The highest BCUT2D eigenvalue weighted by Crippen LogP contribution is 2.19. The molecule has 0 N–H and O–H groups in total. The highest BCUT2D eigenvalue weighted by molar-refractivity contribution is 8.76. The van der Waals surface area contributed by atoms with Crippen molar-refractivity contribution >= 4 is 46.0 Å². The molecule has 108 valence electrons. The Morgan fingerprint density at radius 1 is 0.882 bits per heavy atom. The van der Waals surface area contributed by atoms with Gasteiger partial charge in [0.15, 0.2) is 0 Å². The van der Waals surface area contributed by atoms with E-state index in [0.717, 1.165) is 17.6 Å². The molecule has 0 rings (SSSR count). The largest absolute Gasteiger partial charge is 0.179 e. The maximum absolute atomic E-state index is 4.06. The molecule has 0 nitrogen and oxygen atoms in total. The third-order valence-corrected chi connectivity index (χ3v) is 3.71. The smallest absolute Gasteiger partial charge is 0.00392 e. The van der Waals surface area contributed by atoms with Gasteiger partial charge in [0.2, 0.25) is 0 Å². The van der Waals surface area contributed by atoms with Crippen molar-refractivity contribution in [1.29, 1.82) is 0 Å². The van der Waals surface area contributed by atoms with Crippen LogP contribution in [0.1, 0.15) is 40.5 Å². The lowest BCUT2D eigenvalue weighted by molar-refractivity contribution is 0.633. The SMILES string of the molecule is CC(C)CCS.CSC.CSSCCC(C)C. The highest BCUT2D eigenvalue weighted by Gasteiger charge is 1.91. The molecule has 0 aromatic heterocycles. The summed E-state index contributed by atoms with van der Waals surface area (Å²) < 4.78 is 0. The lowest BCUT2D eigenvalue weighted by Crippen LogP contribution is -1.86. The fourth-order valence-electron chi connectivity index (χ4n) is 0.625. The maximum Gasteiger partial charge on any atom is 0.00392 e. The van der Waals surface area contributed by atoms with Gasteiger partial charge in [0.1, 0.15) is 0 Å². The number of rotatable bonds is 6. The fraction of sp³-hybridized carbons (Fsp3) is 1.00. The summed E-state index contributed by atoms with van der Waals surface area (Å²) in [6, 6.07) is 0. The van der Waals surface area contributed by atoms with Gasteiger partial charge in [-0.2, -0.15) is 24.4 Å². The summed E-state index contributed by atoms with van der Waals surface area (Å²) in [4.78, 5) is 0. The molecule has 0 saturated carbocycles. The molecule has 0 atom stereocenters. The standard InChI is InChI=1S/C6H14S2.C5H12S.C2H6S/c1-6(2)4-5-8-7-3;1-5(2)3-4-6;1-3-2/h6H,4-5H2,1-3H3;5-6H,3-4H2,1-2H3;1-2H3. The second kappa shape index (κ2) is 22.6. The normalized spacial score (nSPS) is 9.53.